The van der Waals surface area contributed by atoms with Gasteiger partial charge in [-0.1, -0.05) is 6.58 Å². The van der Waals surface area contributed by atoms with Gasteiger partial charge in [0.25, 0.3) is 19.7 Å². The lowest BCUT2D eigenvalue weighted by molar-refractivity contribution is -0.191. The number of halogens is 6. The Morgan fingerprint density at radius 1 is 0.947 bits per heavy atom. The van der Waals surface area contributed by atoms with Crippen LogP contribution in [0.1, 0.15) is 58.8 Å². The lowest BCUT2D eigenvalue weighted by atomic mass is 9.44. The van der Waals surface area contributed by atoms with Crippen LogP contribution in [0.15, 0.2) is 12.2 Å². The molecule has 4 bridgehead atoms. The molecule has 0 N–H and O–H groups in total. The third kappa shape index (κ3) is 5.56. The molecular weight excluding hydrogens is 570 g/mol. The van der Waals surface area contributed by atoms with Gasteiger partial charge in [-0.05, 0) is 64.2 Å². The van der Waals surface area contributed by atoms with E-state index in [-0.39, 0.29) is 30.4 Å². The summed E-state index contributed by atoms with van der Waals surface area (Å²) in [5.41, 5.74) is -14.2. The van der Waals surface area contributed by atoms with Gasteiger partial charge in [0.05, 0.1) is 12.0 Å². The molecule has 4 saturated carbocycles. The van der Waals surface area contributed by atoms with Crippen LogP contribution in [0.5, 0.6) is 0 Å². The maximum atomic E-state index is 13.3. The lowest BCUT2D eigenvalue weighted by Gasteiger charge is -2.60. The molecule has 0 radical (unpaired) electrons. The van der Waals surface area contributed by atoms with E-state index in [1.807, 2.05) is 0 Å². The average Bonchev–Trinajstić information content (AvgIpc) is 2.73. The molecule has 0 aromatic carbocycles. The van der Waals surface area contributed by atoms with Crippen LogP contribution in [0.3, 0.4) is 0 Å². The molecule has 0 amide bonds. The number of ether oxygens (including phenoxy) is 2. The van der Waals surface area contributed by atoms with Gasteiger partial charge in [0.2, 0.25) is 0 Å². The Labute approximate surface area is 215 Å². The van der Waals surface area contributed by atoms with Gasteiger partial charge >= 0.3 is 23.0 Å². The highest BCUT2D eigenvalue weighted by atomic mass is 32.3. The van der Waals surface area contributed by atoms with Crippen molar-refractivity contribution in [2.75, 3.05) is 6.61 Å². The largest absolute Gasteiger partial charge is 0.498 e. The van der Waals surface area contributed by atoms with Crippen LogP contribution in [0.25, 0.3) is 0 Å². The molecule has 4 rings (SSSR count). The number of alkyl halides is 6. The average molecular weight is 599 g/mol. The summed E-state index contributed by atoms with van der Waals surface area (Å²) in [4.78, 5) is 25.2. The summed E-state index contributed by atoms with van der Waals surface area (Å²) in [5.74, 6) is -1.51. The normalized spacial score (nSPS) is 30.2. The summed E-state index contributed by atoms with van der Waals surface area (Å²) in [6.45, 7) is 5.81. The van der Waals surface area contributed by atoms with E-state index in [4.69, 9.17) is 9.47 Å². The smallest absolute Gasteiger partial charge is 0.462 e. The van der Waals surface area contributed by atoms with Crippen LogP contribution in [-0.4, -0.2) is 57.1 Å². The molecule has 4 fully saturated rings. The lowest BCUT2D eigenvalue weighted by Crippen LogP contribution is -2.57. The first-order valence-electron chi connectivity index (χ1n) is 11.7. The predicted molar refractivity (Wildman–Crippen MR) is 119 cm³/mol. The zero-order chi connectivity index (χ0) is 29.1. The Hall–Kier alpha value is -1.84. The molecule has 0 heterocycles. The fraction of sp³-hybridized carbons (Fsp3) is 0.818. The van der Waals surface area contributed by atoms with Crippen molar-refractivity contribution in [3.8, 4) is 0 Å². The predicted octanol–water partition coefficient (Wildman–Crippen LogP) is 4.21. The number of sulfone groups is 2. The number of carbonyl (C=O) groups is 2. The molecule has 218 valence electrons. The fourth-order valence-corrected chi connectivity index (χ4v) is 10.2. The Morgan fingerprint density at radius 2 is 1.42 bits per heavy atom. The highest BCUT2D eigenvalue weighted by Gasteiger charge is 2.64. The molecular formula is C22H28F6O8S2. The highest BCUT2D eigenvalue weighted by molar-refractivity contribution is 8.09. The van der Waals surface area contributed by atoms with E-state index < -0.39 is 70.6 Å². The number of esters is 2. The molecule has 0 saturated heterocycles. The number of hydrogen-bond acceptors (Lipinski definition) is 8. The minimum atomic E-state index is -6.84. The third-order valence-electron chi connectivity index (χ3n) is 7.64. The van der Waals surface area contributed by atoms with Crippen molar-refractivity contribution in [1.29, 1.82) is 0 Å². The van der Waals surface area contributed by atoms with Gasteiger partial charge in [-0.25, -0.2) is 21.6 Å². The van der Waals surface area contributed by atoms with E-state index in [0.717, 1.165) is 13.3 Å². The van der Waals surface area contributed by atoms with E-state index in [2.05, 4.69) is 6.58 Å². The van der Waals surface area contributed by atoms with Crippen molar-refractivity contribution in [1.82, 2.24) is 0 Å². The second-order valence-electron chi connectivity index (χ2n) is 11.0. The van der Waals surface area contributed by atoms with Crippen molar-refractivity contribution in [2.45, 2.75) is 80.5 Å². The first-order chi connectivity index (χ1) is 17.1. The standard InChI is InChI=1S/C22H28F6O8S2/c1-12(2)17(29)35-11-19-6-14-5-15(7-19)9-20(8-14,10-19)18(30)36-13(3)4-16(37(31,32)21(23,24)25)38(33,34)22(26,27)28/h13-16H,1,4-11H2,2-3H3. The molecule has 0 aliphatic heterocycles. The molecule has 4 aliphatic carbocycles. The summed E-state index contributed by atoms with van der Waals surface area (Å²) in [5, 5.41) is 0. The molecule has 8 nitrogen and oxygen atoms in total. The van der Waals surface area contributed by atoms with Crippen LogP contribution in [-0.2, 0) is 38.7 Å². The summed E-state index contributed by atoms with van der Waals surface area (Å²) < 4.78 is 132. The molecule has 0 aromatic heterocycles. The van der Waals surface area contributed by atoms with Crippen molar-refractivity contribution >= 4 is 31.6 Å². The SMILES string of the molecule is C=C(C)C(=O)OCC12CC3CC(C1)CC(C(=O)OC(C)CC(S(=O)(=O)C(F)(F)F)S(=O)(=O)C(F)(F)F)(C3)C2. The highest BCUT2D eigenvalue weighted by Crippen LogP contribution is 2.65. The topological polar surface area (TPSA) is 121 Å². The summed E-state index contributed by atoms with van der Waals surface area (Å²) in [6, 6.07) is 0. The van der Waals surface area contributed by atoms with Gasteiger partial charge < -0.3 is 9.47 Å². The first-order valence-corrected chi connectivity index (χ1v) is 14.8. The molecule has 3 atom stereocenters. The van der Waals surface area contributed by atoms with Crippen LogP contribution < -0.4 is 0 Å². The van der Waals surface area contributed by atoms with Crippen molar-refractivity contribution < 1.29 is 62.2 Å². The molecule has 38 heavy (non-hydrogen) atoms. The van der Waals surface area contributed by atoms with E-state index in [1.165, 1.54) is 6.92 Å². The van der Waals surface area contributed by atoms with Gasteiger partial charge in [0, 0.05) is 17.4 Å². The van der Waals surface area contributed by atoms with Crippen LogP contribution in [0.2, 0.25) is 0 Å². The van der Waals surface area contributed by atoms with Crippen LogP contribution in [0.4, 0.5) is 26.3 Å². The minimum absolute atomic E-state index is 0.00793. The van der Waals surface area contributed by atoms with E-state index >= 15 is 0 Å². The number of hydrogen-bond donors (Lipinski definition) is 0. The first kappa shape index (κ1) is 30.7. The molecule has 3 unspecified atom stereocenters. The van der Waals surface area contributed by atoms with E-state index in [0.29, 0.717) is 25.7 Å². The third-order valence-corrected chi connectivity index (χ3v) is 12.2. The zero-order valence-corrected chi connectivity index (χ0v) is 22.2. The Bertz CT molecular complexity index is 1150. The minimum Gasteiger partial charge on any atom is -0.462 e. The Morgan fingerprint density at radius 3 is 1.84 bits per heavy atom. The maximum absolute atomic E-state index is 13.3. The van der Waals surface area contributed by atoms with Gasteiger partial charge in [0.15, 0.2) is 4.58 Å². The fourth-order valence-electron chi connectivity index (χ4n) is 6.55. The van der Waals surface area contributed by atoms with Gasteiger partial charge in [-0.15, -0.1) is 0 Å². The molecule has 4 aliphatic rings. The van der Waals surface area contributed by atoms with Crippen molar-refractivity contribution in [2.24, 2.45) is 22.7 Å². The van der Waals surface area contributed by atoms with Crippen molar-refractivity contribution in [3.63, 3.8) is 0 Å². The van der Waals surface area contributed by atoms with Crippen LogP contribution in [0, 0.1) is 22.7 Å². The number of rotatable bonds is 9. The maximum Gasteiger partial charge on any atom is 0.498 e. The summed E-state index contributed by atoms with van der Waals surface area (Å²) >= 11 is 0. The summed E-state index contributed by atoms with van der Waals surface area (Å²) in [7, 11) is -13.7. The molecule has 16 heteroatoms. The molecule has 0 spiro atoms. The summed E-state index contributed by atoms with van der Waals surface area (Å²) in [6.07, 6.45) is -0.747. The van der Waals surface area contributed by atoms with Crippen molar-refractivity contribution in [3.05, 3.63) is 12.2 Å². The van der Waals surface area contributed by atoms with E-state index in [9.17, 15) is 52.8 Å². The van der Waals surface area contributed by atoms with E-state index in [1.54, 1.807) is 0 Å². The van der Waals surface area contributed by atoms with Gasteiger partial charge in [-0.2, -0.15) is 26.3 Å². The number of carbonyl (C=O) groups excluding carboxylic acids is 2. The zero-order valence-electron chi connectivity index (χ0n) is 20.5. The second kappa shape index (κ2) is 9.66. The monoisotopic (exact) mass is 598 g/mol. The Kier molecular flexibility index (Phi) is 7.81. The van der Waals surface area contributed by atoms with Crippen LogP contribution >= 0.6 is 0 Å². The van der Waals surface area contributed by atoms with Gasteiger partial charge in [0.1, 0.15) is 6.10 Å². The quantitative estimate of drug-likeness (QED) is 0.220. The Balaban J connectivity index is 1.82. The van der Waals surface area contributed by atoms with Gasteiger partial charge in [-0.3, -0.25) is 4.79 Å². The second-order valence-corrected chi connectivity index (χ2v) is 15.5. The molecule has 0 aromatic rings.